The Bertz CT molecular complexity index is 339. The molecule has 0 aromatic rings. The summed E-state index contributed by atoms with van der Waals surface area (Å²) in [5.74, 6) is -22.3. The smallest absolute Gasteiger partial charge is 0.460 e. The van der Waals surface area contributed by atoms with Crippen LogP contribution in [0.5, 0.6) is 0 Å². The molecule has 0 aliphatic heterocycles. The highest BCUT2D eigenvalue weighted by Gasteiger charge is 2.87. The minimum Gasteiger partial charge on any atom is -0.691 e. The Kier molecular flexibility index (Phi) is 5.20. The van der Waals surface area contributed by atoms with Gasteiger partial charge in [-0.25, -0.2) is 0 Å². The Morgan fingerprint density at radius 2 is 1.05 bits per heavy atom. The third kappa shape index (κ3) is 2.89. The third-order valence-electron chi connectivity index (χ3n) is 1.68. The second kappa shape index (κ2) is 5.34. The van der Waals surface area contributed by atoms with E-state index in [9.17, 15) is 48.3 Å². The summed E-state index contributed by atoms with van der Waals surface area (Å²) in [6, 6.07) is 0. The second-order valence-corrected chi connectivity index (χ2v) is 3.77. The van der Waals surface area contributed by atoms with E-state index in [0.29, 0.717) is 0 Å². The van der Waals surface area contributed by atoms with Gasteiger partial charge in [-0.1, -0.05) is 0 Å². The molecule has 0 spiro atoms. The molecule has 0 radical (unpaired) electrons. The molecule has 0 bridgehead atoms. The average molecular weight is 349 g/mol. The SMILES string of the molecule is [O-]OOSC(F)(F)C(F)(F)C(F)(F)C(F)(F)C(F)(F)F. The summed E-state index contributed by atoms with van der Waals surface area (Å²) >= 11 is -2.16. The molecule has 122 valence electrons. The highest BCUT2D eigenvalue weighted by molar-refractivity contribution is 7.95. The van der Waals surface area contributed by atoms with E-state index < -0.39 is 41.2 Å². The average Bonchev–Trinajstić information content (AvgIpc) is 2.24. The van der Waals surface area contributed by atoms with Gasteiger partial charge in [-0.05, 0) is 0 Å². The van der Waals surface area contributed by atoms with Crippen LogP contribution < -0.4 is 5.26 Å². The predicted molar refractivity (Wildman–Crippen MR) is 35.6 cm³/mol. The van der Waals surface area contributed by atoms with Crippen molar-refractivity contribution in [3.63, 3.8) is 0 Å². The van der Waals surface area contributed by atoms with E-state index in [-0.39, 0.29) is 0 Å². The Labute approximate surface area is 105 Å². The summed E-state index contributed by atoms with van der Waals surface area (Å²) in [6.07, 6.45) is -7.24. The standard InChI is InChI=1S/C5HF11O3S/c6-1(7,2(8,9)4(12,13)14)3(10,11)5(15,16)20-19-18-17/h17H/p-1. The van der Waals surface area contributed by atoms with E-state index >= 15 is 0 Å². The van der Waals surface area contributed by atoms with Crippen molar-refractivity contribution < 1.29 is 62.9 Å². The molecular weight excluding hydrogens is 349 g/mol. The highest BCUT2D eigenvalue weighted by atomic mass is 32.2. The molecule has 3 nitrogen and oxygen atoms in total. The van der Waals surface area contributed by atoms with Crippen LogP contribution in [0.3, 0.4) is 0 Å². The van der Waals surface area contributed by atoms with Crippen molar-refractivity contribution >= 4 is 12.0 Å². The van der Waals surface area contributed by atoms with Crippen molar-refractivity contribution in [2.45, 2.75) is 29.2 Å². The summed E-state index contributed by atoms with van der Waals surface area (Å²) < 4.78 is 137. The van der Waals surface area contributed by atoms with Gasteiger partial charge in [0.2, 0.25) is 0 Å². The maximum absolute atomic E-state index is 12.6. The Balaban J connectivity index is 5.68. The molecule has 0 fully saturated rings. The fourth-order valence-corrected chi connectivity index (χ4v) is 1.01. The monoisotopic (exact) mass is 349 g/mol. The van der Waals surface area contributed by atoms with Crippen LogP contribution in [0, 0.1) is 0 Å². The van der Waals surface area contributed by atoms with E-state index in [2.05, 4.69) is 9.37 Å². The molecule has 15 heteroatoms. The molecule has 0 saturated carbocycles. The van der Waals surface area contributed by atoms with Crippen LogP contribution in [0.2, 0.25) is 0 Å². The van der Waals surface area contributed by atoms with E-state index in [1.807, 2.05) is 0 Å². The topological polar surface area (TPSA) is 41.5 Å². The third-order valence-corrected chi connectivity index (χ3v) is 2.27. The Morgan fingerprint density at radius 1 is 0.650 bits per heavy atom. The maximum Gasteiger partial charge on any atom is 0.460 e. The quantitative estimate of drug-likeness (QED) is 0.320. The fraction of sp³-hybridized carbons (Fsp3) is 1.00. The van der Waals surface area contributed by atoms with Gasteiger partial charge in [0.25, 0.3) is 0 Å². The molecule has 0 rings (SSSR count). The van der Waals surface area contributed by atoms with Gasteiger partial charge in [0.05, 0.1) is 0 Å². The summed E-state index contributed by atoms with van der Waals surface area (Å²) in [5, 5.41) is 4.82. The first-order chi connectivity index (χ1) is 8.56. The first-order valence-electron chi connectivity index (χ1n) is 3.78. The van der Waals surface area contributed by atoms with E-state index in [1.165, 1.54) is 0 Å². The summed E-state index contributed by atoms with van der Waals surface area (Å²) in [6.45, 7) is 0. The van der Waals surface area contributed by atoms with E-state index in [4.69, 9.17) is 5.26 Å². The molecule has 0 saturated heterocycles. The fourth-order valence-electron chi connectivity index (χ4n) is 0.667. The maximum atomic E-state index is 12.6. The second-order valence-electron chi connectivity index (χ2n) is 2.96. The normalized spacial score (nSPS) is 15.6. The van der Waals surface area contributed by atoms with Crippen molar-refractivity contribution in [2.24, 2.45) is 0 Å². The highest BCUT2D eigenvalue weighted by Crippen LogP contribution is 2.59. The van der Waals surface area contributed by atoms with Crippen LogP contribution in [-0.4, -0.2) is 29.2 Å². The van der Waals surface area contributed by atoms with Gasteiger partial charge in [0.15, 0.2) is 0 Å². The Hall–Kier alpha value is -0.540. The number of hydrogen-bond acceptors (Lipinski definition) is 4. The summed E-state index contributed by atoms with van der Waals surface area (Å²) in [5.41, 5.74) is 0. The number of rotatable bonds is 6. The lowest BCUT2D eigenvalue weighted by atomic mass is 10.0. The largest absolute Gasteiger partial charge is 0.691 e. The minimum absolute atomic E-state index is 2.08. The van der Waals surface area contributed by atoms with Gasteiger partial charge in [-0.2, -0.15) is 52.6 Å². The van der Waals surface area contributed by atoms with Gasteiger partial charge in [-0.15, -0.1) is 0 Å². The van der Waals surface area contributed by atoms with Gasteiger partial charge in [0, 0.05) is 0 Å². The van der Waals surface area contributed by atoms with Crippen molar-refractivity contribution in [2.75, 3.05) is 0 Å². The van der Waals surface area contributed by atoms with Crippen LogP contribution >= 0.6 is 12.0 Å². The molecule has 0 heterocycles. The van der Waals surface area contributed by atoms with Gasteiger partial charge < -0.3 is 5.26 Å². The molecule has 0 aliphatic rings. The molecule has 0 amide bonds. The zero-order valence-corrected chi connectivity index (χ0v) is 9.11. The van der Waals surface area contributed by atoms with Crippen LogP contribution in [-0.2, 0) is 9.37 Å². The molecular formula is C5F11O3S-. The summed E-state index contributed by atoms with van der Waals surface area (Å²) in [7, 11) is 0. The van der Waals surface area contributed by atoms with Gasteiger partial charge in [-0.3, -0.25) is 5.04 Å². The molecule has 0 unspecified atom stereocenters. The van der Waals surface area contributed by atoms with E-state index in [1.54, 1.807) is 0 Å². The summed E-state index contributed by atoms with van der Waals surface area (Å²) in [4.78, 5) is 0. The van der Waals surface area contributed by atoms with Crippen molar-refractivity contribution in [1.82, 2.24) is 0 Å². The molecule has 0 aliphatic carbocycles. The van der Waals surface area contributed by atoms with Crippen molar-refractivity contribution in [3.05, 3.63) is 0 Å². The number of halogens is 11. The van der Waals surface area contributed by atoms with Crippen LogP contribution in [0.25, 0.3) is 0 Å². The van der Waals surface area contributed by atoms with E-state index in [0.717, 1.165) is 0 Å². The predicted octanol–water partition coefficient (Wildman–Crippen LogP) is 2.92. The van der Waals surface area contributed by atoms with Gasteiger partial charge in [0.1, 0.15) is 12.0 Å². The molecule has 20 heavy (non-hydrogen) atoms. The Morgan fingerprint density at radius 3 is 1.35 bits per heavy atom. The van der Waals surface area contributed by atoms with Crippen molar-refractivity contribution in [1.29, 1.82) is 0 Å². The van der Waals surface area contributed by atoms with Crippen LogP contribution in [0.1, 0.15) is 0 Å². The minimum atomic E-state index is -7.54. The lowest BCUT2D eigenvalue weighted by molar-refractivity contribution is -0.777. The lowest BCUT2D eigenvalue weighted by Crippen LogP contribution is -2.65. The molecule has 0 N–H and O–H groups in total. The number of alkyl halides is 11. The zero-order valence-electron chi connectivity index (χ0n) is 8.29. The number of hydrogen-bond donors (Lipinski definition) is 0. The zero-order chi connectivity index (χ0) is 16.6. The molecule has 0 aromatic heterocycles. The van der Waals surface area contributed by atoms with Crippen molar-refractivity contribution in [3.8, 4) is 0 Å². The van der Waals surface area contributed by atoms with Crippen LogP contribution in [0.15, 0.2) is 0 Å². The first kappa shape index (κ1) is 19.5. The molecule has 0 aromatic carbocycles. The van der Waals surface area contributed by atoms with Crippen LogP contribution in [0.4, 0.5) is 48.3 Å². The van der Waals surface area contributed by atoms with Gasteiger partial charge >= 0.3 is 29.2 Å². The lowest BCUT2D eigenvalue weighted by Gasteiger charge is -2.36. The molecule has 0 atom stereocenters. The first-order valence-corrected chi connectivity index (χ1v) is 4.52.